The van der Waals surface area contributed by atoms with E-state index < -0.39 is 7.26 Å². The molecule has 0 saturated heterocycles. The van der Waals surface area contributed by atoms with Gasteiger partial charge in [0.05, 0.1) is 24.3 Å². The van der Waals surface area contributed by atoms with Gasteiger partial charge in [-0.25, -0.2) is 0 Å². The molecular weight excluding hydrogens is 283 g/mol. The van der Waals surface area contributed by atoms with Crippen LogP contribution in [-0.2, 0) is 6.16 Å². The first-order valence-corrected chi connectivity index (χ1v) is 11.4. The van der Waals surface area contributed by atoms with Crippen molar-refractivity contribution in [2.24, 2.45) is 0 Å². The molecule has 1 aromatic carbocycles. The Balaban J connectivity index is 3.02. The Hall–Kier alpha value is -0.870. The van der Waals surface area contributed by atoms with E-state index in [1.807, 2.05) is 6.08 Å². The molecule has 22 heavy (non-hydrogen) atoms. The van der Waals surface area contributed by atoms with Crippen molar-refractivity contribution >= 4 is 13.3 Å². The van der Waals surface area contributed by atoms with E-state index >= 15 is 0 Å². The lowest BCUT2D eigenvalue weighted by atomic mass is 10.1. The molecule has 0 spiro atoms. The van der Waals surface area contributed by atoms with Crippen molar-refractivity contribution in [2.45, 2.75) is 59.0 Å². The first kappa shape index (κ1) is 19.2. The molecule has 0 radical (unpaired) electrons. The molecule has 0 fully saturated rings. The predicted molar refractivity (Wildman–Crippen MR) is 106 cm³/mol. The zero-order valence-corrected chi connectivity index (χ0v) is 15.7. The maximum atomic E-state index is 3.91. The van der Waals surface area contributed by atoms with E-state index in [4.69, 9.17) is 0 Å². The first-order valence-electron chi connectivity index (χ1n) is 8.94. The van der Waals surface area contributed by atoms with Crippen LogP contribution < -0.4 is 0 Å². The smallest absolute Gasteiger partial charge is 0.0884 e. The van der Waals surface area contributed by atoms with Gasteiger partial charge in [0.1, 0.15) is 0 Å². The van der Waals surface area contributed by atoms with Crippen LogP contribution in [0.15, 0.2) is 42.7 Å². The number of hydrogen-bond donors (Lipinski definition) is 0. The van der Waals surface area contributed by atoms with E-state index in [2.05, 4.69) is 63.5 Å². The van der Waals surface area contributed by atoms with Crippen LogP contribution in [0.5, 0.6) is 0 Å². The van der Waals surface area contributed by atoms with E-state index in [0.717, 1.165) is 6.42 Å². The minimum absolute atomic E-state index is 1.01. The van der Waals surface area contributed by atoms with E-state index in [-0.39, 0.29) is 0 Å². The van der Waals surface area contributed by atoms with E-state index in [0.29, 0.717) is 0 Å². The van der Waals surface area contributed by atoms with Gasteiger partial charge in [-0.3, -0.25) is 0 Å². The second-order valence-corrected chi connectivity index (χ2v) is 10.2. The monoisotopic (exact) mass is 317 g/mol. The largest absolute Gasteiger partial charge is 0.0985 e. The number of allylic oxidation sites excluding steroid dienone is 1. The van der Waals surface area contributed by atoms with Crippen molar-refractivity contribution in [3.05, 3.63) is 53.9 Å². The zero-order chi connectivity index (χ0) is 16.3. The van der Waals surface area contributed by atoms with Crippen LogP contribution in [0.4, 0.5) is 0 Å². The molecule has 0 aliphatic heterocycles. The highest BCUT2D eigenvalue weighted by atomic mass is 31.2. The fraction of sp³-hybridized carbons (Fsp3) is 0.524. The molecule has 0 saturated carbocycles. The van der Waals surface area contributed by atoms with E-state index in [9.17, 15) is 0 Å². The zero-order valence-electron chi connectivity index (χ0n) is 14.9. The Kier molecular flexibility index (Phi) is 9.41. The average Bonchev–Trinajstić information content (AvgIpc) is 2.56. The van der Waals surface area contributed by atoms with Gasteiger partial charge < -0.3 is 0 Å². The van der Waals surface area contributed by atoms with Gasteiger partial charge in [0.2, 0.25) is 0 Å². The van der Waals surface area contributed by atoms with Gasteiger partial charge in [0.25, 0.3) is 0 Å². The van der Waals surface area contributed by atoms with Crippen LogP contribution in [0.2, 0.25) is 0 Å². The van der Waals surface area contributed by atoms with E-state index in [1.165, 1.54) is 55.3 Å². The third-order valence-corrected chi connectivity index (χ3v) is 8.51. The fourth-order valence-corrected chi connectivity index (χ4v) is 7.35. The first-order chi connectivity index (χ1) is 10.7. The summed E-state index contributed by atoms with van der Waals surface area (Å²) in [5, 5.41) is 0. The lowest BCUT2D eigenvalue weighted by Gasteiger charge is -2.24. The topological polar surface area (TPSA) is 0 Å². The Morgan fingerprint density at radius 3 is 2.27 bits per heavy atom. The average molecular weight is 317 g/mol. The molecular formula is C21H34P+. The van der Waals surface area contributed by atoms with Crippen molar-refractivity contribution in [3.63, 3.8) is 0 Å². The SMILES string of the molecule is C=Cc1cccc(C[P+](/C=C/CC)(CCCC)CCCC)c1. The molecule has 1 rings (SSSR count). The van der Waals surface area contributed by atoms with E-state index in [1.54, 1.807) is 0 Å². The lowest BCUT2D eigenvalue weighted by molar-refractivity contribution is 0.860. The Labute approximate surface area is 139 Å². The molecule has 0 unspecified atom stereocenters. The lowest BCUT2D eigenvalue weighted by Crippen LogP contribution is -2.05. The van der Waals surface area contributed by atoms with Gasteiger partial charge in [-0.05, 0) is 42.5 Å². The Morgan fingerprint density at radius 2 is 1.73 bits per heavy atom. The maximum Gasteiger partial charge on any atom is 0.0884 e. The third kappa shape index (κ3) is 6.49. The molecule has 1 heteroatoms. The van der Waals surface area contributed by atoms with Crippen molar-refractivity contribution in [1.29, 1.82) is 0 Å². The summed E-state index contributed by atoms with van der Waals surface area (Å²) in [5.74, 6) is 2.64. The van der Waals surface area contributed by atoms with Crippen molar-refractivity contribution in [1.82, 2.24) is 0 Å². The van der Waals surface area contributed by atoms with Crippen LogP contribution in [0.1, 0.15) is 64.0 Å². The molecule has 0 aliphatic rings. The molecule has 0 amide bonds. The third-order valence-electron chi connectivity index (χ3n) is 4.26. The van der Waals surface area contributed by atoms with Crippen molar-refractivity contribution in [2.75, 3.05) is 12.3 Å². The summed E-state index contributed by atoms with van der Waals surface area (Å²) in [5.41, 5.74) is 2.75. The Morgan fingerprint density at radius 1 is 1.05 bits per heavy atom. The van der Waals surface area contributed by atoms with Crippen molar-refractivity contribution in [3.8, 4) is 0 Å². The summed E-state index contributed by atoms with van der Waals surface area (Å²) >= 11 is 0. The predicted octanol–water partition coefficient (Wildman–Crippen LogP) is 7.37. The minimum atomic E-state index is -1.01. The number of unbranched alkanes of at least 4 members (excludes halogenated alkanes) is 2. The van der Waals surface area contributed by atoms with Gasteiger partial charge in [-0.15, -0.1) is 0 Å². The highest BCUT2D eigenvalue weighted by molar-refractivity contribution is 7.78. The number of benzene rings is 1. The second-order valence-electron chi connectivity index (χ2n) is 6.27. The summed E-state index contributed by atoms with van der Waals surface area (Å²) < 4.78 is 0. The molecule has 1 aromatic rings. The molecule has 0 aromatic heterocycles. The molecule has 0 nitrogen and oxygen atoms in total. The highest BCUT2D eigenvalue weighted by Gasteiger charge is 2.33. The standard InChI is InChI=1S/C21H34P/c1-5-9-15-22(16-10-6-2,17-11-7-3)19-21-14-12-13-20(8-4)18-21/h8-9,12-15,18H,4-7,10-11,16-17,19H2,1-3H3/q+1/b15-9+. The van der Waals surface area contributed by atoms with Gasteiger partial charge in [0.15, 0.2) is 0 Å². The molecule has 0 aliphatic carbocycles. The van der Waals surface area contributed by atoms with Crippen LogP contribution in [0, 0.1) is 0 Å². The highest BCUT2D eigenvalue weighted by Crippen LogP contribution is 2.64. The summed E-state index contributed by atoms with van der Waals surface area (Å²) in [6, 6.07) is 8.97. The molecule has 0 N–H and O–H groups in total. The number of rotatable bonds is 11. The van der Waals surface area contributed by atoms with Crippen LogP contribution in [0.3, 0.4) is 0 Å². The normalized spacial score (nSPS) is 12.0. The van der Waals surface area contributed by atoms with Crippen LogP contribution in [-0.4, -0.2) is 12.3 Å². The maximum absolute atomic E-state index is 3.91. The summed E-state index contributed by atoms with van der Waals surface area (Å²) in [6.07, 6.45) is 15.0. The van der Waals surface area contributed by atoms with Crippen LogP contribution >= 0.6 is 7.26 Å². The quantitative estimate of drug-likeness (QED) is 0.374. The Bertz CT molecular complexity index is 451. The van der Waals surface area contributed by atoms with Gasteiger partial charge >= 0.3 is 0 Å². The van der Waals surface area contributed by atoms with Gasteiger partial charge in [-0.2, -0.15) is 0 Å². The fourth-order valence-electron chi connectivity index (χ4n) is 2.93. The van der Waals surface area contributed by atoms with Gasteiger partial charge in [0, 0.05) is 7.26 Å². The summed E-state index contributed by atoms with van der Waals surface area (Å²) in [6.45, 7) is 10.8. The van der Waals surface area contributed by atoms with Crippen LogP contribution in [0.25, 0.3) is 6.08 Å². The summed E-state index contributed by atoms with van der Waals surface area (Å²) in [4.78, 5) is 0. The molecule has 122 valence electrons. The van der Waals surface area contributed by atoms with Gasteiger partial charge in [-0.1, -0.05) is 64.5 Å². The molecule has 0 heterocycles. The summed E-state index contributed by atoms with van der Waals surface area (Å²) in [7, 11) is -1.01. The van der Waals surface area contributed by atoms with Crippen molar-refractivity contribution < 1.29 is 0 Å². The minimum Gasteiger partial charge on any atom is -0.0985 e. The number of hydrogen-bond acceptors (Lipinski definition) is 0. The molecule has 0 bridgehead atoms. The molecule has 0 atom stereocenters. The second kappa shape index (κ2) is 10.8.